The van der Waals surface area contributed by atoms with Crippen LogP contribution in [0.25, 0.3) is 0 Å². The molecule has 0 aliphatic heterocycles. The van der Waals surface area contributed by atoms with Gasteiger partial charge in [-0.1, -0.05) is 12.1 Å². The first-order chi connectivity index (χ1) is 9.52. The fourth-order valence-corrected chi connectivity index (χ4v) is 1.71. The molecule has 0 saturated heterocycles. The number of rotatable bonds is 3. The van der Waals surface area contributed by atoms with E-state index in [1.165, 1.54) is 13.0 Å². The van der Waals surface area contributed by atoms with Crippen molar-refractivity contribution in [3.63, 3.8) is 0 Å². The zero-order valence-corrected chi connectivity index (χ0v) is 10.5. The van der Waals surface area contributed by atoms with E-state index in [0.717, 1.165) is 6.07 Å². The Bertz CT molecular complexity index is 720. The molecule has 0 amide bonds. The molecule has 2 aromatic carbocycles. The predicted octanol–water partition coefficient (Wildman–Crippen LogP) is 3.27. The van der Waals surface area contributed by atoms with Crippen LogP contribution in [0.2, 0.25) is 0 Å². The Labute approximate surface area is 114 Å². The van der Waals surface area contributed by atoms with Gasteiger partial charge in [-0.3, -0.25) is 10.1 Å². The highest BCUT2D eigenvalue weighted by Gasteiger charge is 2.17. The summed E-state index contributed by atoms with van der Waals surface area (Å²) in [5, 5.41) is 29.6. The lowest BCUT2D eigenvalue weighted by Gasteiger charge is -2.09. The second-order valence-corrected chi connectivity index (χ2v) is 4.07. The van der Waals surface area contributed by atoms with Crippen molar-refractivity contribution in [2.24, 2.45) is 0 Å². The van der Waals surface area contributed by atoms with Gasteiger partial charge in [-0.15, -0.1) is 0 Å². The molecular weight excluding hydrogens is 260 g/mol. The number of nitrogens with zero attached hydrogens (tertiary/aromatic N) is 2. The molecule has 6 nitrogen and oxygen atoms in total. The average Bonchev–Trinajstić information content (AvgIpc) is 2.42. The van der Waals surface area contributed by atoms with E-state index in [1.54, 1.807) is 24.3 Å². The number of hydrogen-bond donors (Lipinski definition) is 1. The molecule has 0 fully saturated rings. The zero-order valence-electron chi connectivity index (χ0n) is 10.5. The minimum Gasteiger partial charge on any atom is -0.504 e. The molecule has 0 atom stereocenters. The van der Waals surface area contributed by atoms with E-state index in [4.69, 9.17) is 10.00 Å². The first-order valence-corrected chi connectivity index (χ1v) is 5.68. The third-order valence-corrected chi connectivity index (χ3v) is 2.70. The number of phenols is 1. The van der Waals surface area contributed by atoms with Gasteiger partial charge < -0.3 is 9.84 Å². The van der Waals surface area contributed by atoms with Crippen LogP contribution in [0.1, 0.15) is 11.1 Å². The Balaban J connectivity index is 2.46. The van der Waals surface area contributed by atoms with Crippen molar-refractivity contribution in [1.29, 1.82) is 5.26 Å². The van der Waals surface area contributed by atoms with E-state index >= 15 is 0 Å². The van der Waals surface area contributed by atoms with Gasteiger partial charge in [-0.2, -0.15) is 5.26 Å². The highest BCUT2D eigenvalue weighted by atomic mass is 16.6. The van der Waals surface area contributed by atoms with E-state index in [-0.39, 0.29) is 28.5 Å². The van der Waals surface area contributed by atoms with E-state index in [0.29, 0.717) is 5.56 Å². The van der Waals surface area contributed by atoms with Crippen molar-refractivity contribution < 1.29 is 14.8 Å². The van der Waals surface area contributed by atoms with Gasteiger partial charge in [-0.25, -0.2) is 0 Å². The summed E-state index contributed by atoms with van der Waals surface area (Å²) in [6.07, 6.45) is 0. The summed E-state index contributed by atoms with van der Waals surface area (Å²) < 4.78 is 5.40. The highest BCUT2D eigenvalue weighted by molar-refractivity contribution is 5.55. The quantitative estimate of drug-likeness (QED) is 0.681. The normalized spacial score (nSPS) is 9.80. The fraction of sp³-hybridized carbons (Fsp3) is 0.0714. The van der Waals surface area contributed by atoms with Gasteiger partial charge in [0, 0.05) is 5.56 Å². The lowest BCUT2D eigenvalue weighted by atomic mass is 10.1. The topological polar surface area (TPSA) is 96.4 Å². The molecule has 0 aliphatic rings. The van der Waals surface area contributed by atoms with Crippen molar-refractivity contribution in [1.82, 2.24) is 0 Å². The van der Waals surface area contributed by atoms with Crippen LogP contribution in [0, 0.1) is 28.4 Å². The Hall–Kier alpha value is -3.07. The van der Waals surface area contributed by atoms with Crippen molar-refractivity contribution in [3.05, 3.63) is 57.6 Å². The molecule has 20 heavy (non-hydrogen) atoms. The molecule has 1 N–H and O–H groups in total. The molecule has 0 radical (unpaired) electrons. The Kier molecular flexibility index (Phi) is 3.53. The lowest BCUT2D eigenvalue weighted by Crippen LogP contribution is -1.94. The van der Waals surface area contributed by atoms with Crippen LogP contribution >= 0.6 is 0 Å². The Morgan fingerprint density at radius 2 is 2.00 bits per heavy atom. The van der Waals surface area contributed by atoms with Crippen LogP contribution in [-0.4, -0.2) is 10.0 Å². The van der Waals surface area contributed by atoms with Crippen LogP contribution in [-0.2, 0) is 0 Å². The third-order valence-electron chi connectivity index (χ3n) is 2.70. The molecule has 0 bridgehead atoms. The molecule has 0 aliphatic carbocycles. The second-order valence-electron chi connectivity index (χ2n) is 4.07. The molecule has 2 aromatic rings. The SMILES string of the molecule is Cc1cc(O)c(Oc2ccccc2C#N)cc1[N+](=O)[O-]. The summed E-state index contributed by atoms with van der Waals surface area (Å²) in [6.45, 7) is 1.52. The molecule has 0 aromatic heterocycles. The monoisotopic (exact) mass is 270 g/mol. The smallest absolute Gasteiger partial charge is 0.276 e. The number of benzene rings is 2. The van der Waals surface area contributed by atoms with Crippen LogP contribution in [0.4, 0.5) is 5.69 Å². The van der Waals surface area contributed by atoms with Crippen LogP contribution in [0.3, 0.4) is 0 Å². The maximum atomic E-state index is 10.9. The Morgan fingerprint density at radius 3 is 2.65 bits per heavy atom. The Morgan fingerprint density at radius 1 is 1.30 bits per heavy atom. The summed E-state index contributed by atoms with van der Waals surface area (Å²) in [5.41, 5.74) is 0.441. The van der Waals surface area contributed by atoms with Crippen molar-refractivity contribution in [2.45, 2.75) is 6.92 Å². The second kappa shape index (κ2) is 5.28. The number of phenolic OH excluding ortho intramolecular Hbond substituents is 1. The summed E-state index contributed by atoms with van der Waals surface area (Å²) in [7, 11) is 0. The molecule has 0 unspecified atom stereocenters. The molecule has 6 heteroatoms. The van der Waals surface area contributed by atoms with Crippen LogP contribution in [0.5, 0.6) is 17.2 Å². The van der Waals surface area contributed by atoms with Gasteiger partial charge in [0.1, 0.15) is 11.8 Å². The molecule has 0 heterocycles. The summed E-state index contributed by atoms with van der Waals surface area (Å²) in [4.78, 5) is 10.3. The minimum absolute atomic E-state index is 0.0648. The van der Waals surface area contributed by atoms with Gasteiger partial charge >= 0.3 is 0 Å². The molecule has 0 spiro atoms. The van der Waals surface area contributed by atoms with Crippen LogP contribution in [0.15, 0.2) is 36.4 Å². The first kappa shape index (κ1) is 13.4. The summed E-state index contributed by atoms with van der Waals surface area (Å²) in [6, 6.07) is 10.8. The number of nitriles is 1. The number of nitro benzene ring substituents is 1. The number of aromatic hydroxyl groups is 1. The average molecular weight is 270 g/mol. The van der Waals surface area contributed by atoms with Crippen molar-refractivity contribution in [3.8, 4) is 23.3 Å². The number of hydrogen-bond acceptors (Lipinski definition) is 5. The van der Waals surface area contributed by atoms with E-state index in [9.17, 15) is 15.2 Å². The standard InChI is InChI=1S/C14H10N2O4/c1-9-6-12(17)14(7-11(9)16(18)19)20-13-5-3-2-4-10(13)8-15/h2-7,17H,1H3. The predicted molar refractivity (Wildman–Crippen MR) is 70.7 cm³/mol. The van der Waals surface area contributed by atoms with E-state index < -0.39 is 4.92 Å². The lowest BCUT2D eigenvalue weighted by molar-refractivity contribution is -0.385. The van der Waals surface area contributed by atoms with Gasteiger partial charge in [-0.05, 0) is 25.1 Å². The molecule has 2 rings (SSSR count). The largest absolute Gasteiger partial charge is 0.504 e. The molecular formula is C14H10N2O4. The number of ether oxygens (including phenoxy) is 1. The minimum atomic E-state index is -0.558. The summed E-state index contributed by atoms with van der Waals surface area (Å²) in [5.74, 6) is -0.0608. The van der Waals surface area contributed by atoms with Gasteiger partial charge in [0.25, 0.3) is 5.69 Å². The molecule has 0 saturated carbocycles. The number of aryl methyl sites for hydroxylation is 1. The third kappa shape index (κ3) is 2.52. The summed E-state index contributed by atoms with van der Waals surface area (Å²) >= 11 is 0. The number of nitro groups is 1. The van der Waals surface area contributed by atoms with Crippen molar-refractivity contribution in [2.75, 3.05) is 0 Å². The van der Waals surface area contributed by atoms with Gasteiger partial charge in [0.05, 0.1) is 16.6 Å². The maximum absolute atomic E-state index is 10.9. The highest BCUT2D eigenvalue weighted by Crippen LogP contribution is 2.37. The zero-order chi connectivity index (χ0) is 14.7. The number of para-hydroxylation sites is 1. The van der Waals surface area contributed by atoms with Gasteiger partial charge in [0.2, 0.25) is 0 Å². The van der Waals surface area contributed by atoms with E-state index in [1.807, 2.05) is 6.07 Å². The van der Waals surface area contributed by atoms with Crippen molar-refractivity contribution >= 4 is 5.69 Å². The first-order valence-electron chi connectivity index (χ1n) is 5.68. The fourth-order valence-electron chi connectivity index (χ4n) is 1.71. The van der Waals surface area contributed by atoms with E-state index in [2.05, 4.69) is 0 Å². The maximum Gasteiger partial charge on any atom is 0.276 e. The molecule has 100 valence electrons. The van der Waals surface area contributed by atoms with Crippen LogP contribution < -0.4 is 4.74 Å². The van der Waals surface area contributed by atoms with Gasteiger partial charge in [0.15, 0.2) is 11.5 Å².